The molecule has 0 unspecified atom stereocenters. The number of unbranched alkanes of at least 4 members (excludes halogenated alkanes) is 12. The van der Waals surface area contributed by atoms with Crippen LogP contribution in [0.2, 0.25) is 0 Å². The van der Waals surface area contributed by atoms with Gasteiger partial charge in [-0.05, 0) is 107 Å². The second-order valence-corrected chi connectivity index (χ2v) is 14.9. The largest absolute Gasteiger partial charge is 0.490 e. The molecule has 0 aromatic heterocycles. The SMILES string of the molecule is CCCCCCOc1cc2c(cc1OCCCC)c1cc(OCCCC)c(OCCCCCC)cc1c1cc(OCCCCCC)c(OCCCC)cc21. The summed E-state index contributed by atoms with van der Waals surface area (Å²) in [4.78, 5) is 0. The summed E-state index contributed by atoms with van der Waals surface area (Å²) in [6.07, 6.45) is 19.9. The van der Waals surface area contributed by atoms with E-state index in [0.29, 0.717) is 39.6 Å². The number of fused-ring (bicyclic) bond motifs is 6. The first-order valence-corrected chi connectivity index (χ1v) is 21.9. The van der Waals surface area contributed by atoms with E-state index in [9.17, 15) is 0 Å². The van der Waals surface area contributed by atoms with E-state index in [4.69, 9.17) is 28.4 Å². The molecule has 6 heteroatoms. The number of hydrogen-bond acceptors (Lipinski definition) is 6. The van der Waals surface area contributed by atoms with Crippen molar-refractivity contribution in [1.82, 2.24) is 0 Å². The number of benzene rings is 4. The lowest BCUT2D eigenvalue weighted by Crippen LogP contribution is -2.05. The van der Waals surface area contributed by atoms with E-state index < -0.39 is 0 Å². The Morgan fingerprint density at radius 2 is 0.426 bits per heavy atom. The molecular weight excluding hydrogens is 673 g/mol. The second-order valence-electron chi connectivity index (χ2n) is 14.9. The van der Waals surface area contributed by atoms with Crippen molar-refractivity contribution in [2.24, 2.45) is 0 Å². The van der Waals surface area contributed by atoms with Crippen LogP contribution in [0.15, 0.2) is 36.4 Å². The standard InChI is InChI=1S/C48H72O6/c1-7-13-19-22-28-52-46-34-40-37(31-43(46)49-25-16-10-4)38-32-44(50-26-17-11-5)47(53-29-23-20-14-8-2)35-41(38)42-36-48(54-30-24-21-15-9-3)45(33-39(40)42)51-27-18-12-6/h31-36H,7-30H2,1-6H3. The maximum absolute atomic E-state index is 6.56. The molecule has 4 aromatic rings. The van der Waals surface area contributed by atoms with E-state index >= 15 is 0 Å². The van der Waals surface area contributed by atoms with Crippen LogP contribution in [0.25, 0.3) is 32.3 Å². The summed E-state index contributed by atoms with van der Waals surface area (Å²) >= 11 is 0. The molecule has 0 fully saturated rings. The molecule has 300 valence electrons. The Hall–Kier alpha value is -3.54. The molecule has 4 rings (SSSR count). The van der Waals surface area contributed by atoms with Crippen LogP contribution in [0.4, 0.5) is 0 Å². The predicted molar refractivity (Wildman–Crippen MR) is 229 cm³/mol. The van der Waals surface area contributed by atoms with Gasteiger partial charge in [-0.2, -0.15) is 0 Å². The van der Waals surface area contributed by atoms with Crippen LogP contribution in [0.5, 0.6) is 34.5 Å². The van der Waals surface area contributed by atoms with Gasteiger partial charge < -0.3 is 28.4 Å². The van der Waals surface area contributed by atoms with Gasteiger partial charge in [0.2, 0.25) is 0 Å². The predicted octanol–water partition coefficient (Wildman–Crippen LogP) is 14.6. The summed E-state index contributed by atoms with van der Waals surface area (Å²) in [5, 5.41) is 6.62. The Morgan fingerprint density at radius 3 is 0.611 bits per heavy atom. The van der Waals surface area contributed by atoms with Gasteiger partial charge in [0.05, 0.1) is 39.6 Å². The van der Waals surface area contributed by atoms with Gasteiger partial charge in [0.15, 0.2) is 34.5 Å². The van der Waals surface area contributed by atoms with Gasteiger partial charge in [0, 0.05) is 0 Å². The molecule has 0 spiro atoms. The molecule has 54 heavy (non-hydrogen) atoms. The lowest BCUT2D eigenvalue weighted by molar-refractivity contribution is 0.260. The minimum atomic E-state index is 0.648. The number of rotatable bonds is 30. The Kier molecular flexibility index (Phi) is 19.8. The van der Waals surface area contributed by atoms with E-state index in [0.717, 1.165) is 144 Å². The highest BCUT2D eigenvalue weighted by Crippen LogP contribution is 2.47. The first-order valence-electron chi connectivity index (χ1n) is 21.9. The fourth-order valence-corrected chi connectivity index (χ4v) is 6.81. The van der Waals surface area contributed by atoms with Gasteiger partial charge in [-0.25, -0.2) is 0 Å². The monoisotopic (exact) mass is 745 g/mol. The molecule has 6 nitrogen and oxygen atoms in total. The Balaban J connectivity index is 1.97. The normalized spacial score (nSPS) is 11.4. The highest BCUT2D eigenvalue weighted by atomic mass is 16.5. The van der Waals surface area contributed by atoms with Crippen molar-refractivity contribution >= 4 is 32.3 Å². The van der Waals surface area contributed by atoms with Gasteiger partial charge in [-0.3, -0.25) is 0 Å². The topological polar surface area (TPSA) is 55.4 Å². The van der Waals surface area contributed by atoms with E-state index in [2.05, 4.69) is 77.9 Å². The fourth-order valence-electron chi connectivity index (χ4n) is 6.81. The van der Waals surface area contributed by atoms with Crippen LogP contribution >= 0.6 is 0 Å². The first-order chi connectivity index (χ1) is 26.6. The maximum atomic E-state index is 6.56. The summed E-state index contributed by atoms with van der Waals surface area (Å²) in [6, 6.07) is 13.2. The maximum Gasteiger partial charge on any atom is 0.161 e. The van der Waals surface area contributed by atoms with Crippen LogP contribution in [0.1, 0.15) is 157 Å². The van der Waals surface area contributed by atoms with Crippen molar-refractivity contribution in [3.63, 3.8) is 0 Å². The average molecular weight is 745 g/mol. The molecule has 0 bridgehead atoms. The van der Waals surface area contributed by atoms with Crippen LogP contribution in [0, 0.1) is 0 Å². The third-order valence-corrected chi connectivity index (χ3v) is 10.2. The molecule has 0 amide bonds. The molecule has 0 saturated heterocycles. The van der Waals surface area contributed by atoms with Crippen molar-refractivity contribution in [3.05, 3.63) is 36.4 Å². The zero-order chi connectivity index (χ0) is 38.4. The van der Waals surface area contributed by atoms with Gasteiger partial charge in [-0.15, -0.1) is 0 Å². The second kappa shape index (κ2) is 24.8. The van der Waals surface area contributed by atoms with Crippen LogP contribution < -0.4 is 28.4 Å². The number of ether oxygens (including phenoxy) is 6. The molecule has 0 aliphatic heterocycles. The van der Waals surface area contributed by atoms with E-state index in [1.807, 2.05) is 0 Å². The lowest BCUT2D eigenvalue weighted by atomic mass is 9.93. The minimum absolute atomic E-state index is 0.648. The van der Waals surface area contributed by atoms with Gasteiger partial charge >= 0.3 is 0 Å². The quantitative estimate of drug-likeness (QED) is 0.0391. The Morgan fingerprint density at radius 1 is 0.241 bits per heavy atom. The number of hydrogen-bond donors (Lipinski definition) is 0. The lowest BCUT2D eigenvalue weighted by Gasteiger charge is -2.20. The molecule has 4 aromatic carbocycles. The molecule has 0 atom stereocenters. The van der Waals surface area contributed by atoms with Crippen LogP contribution in [-0.4, -0.2) is 39.6 Å². The van der Waals surface area contributed by atoms with Crippen molar-refractivity contribution in [2.45, 2.75) is 157 Å². The van der Waals surface area contributed by atoms with Crippen molar-refractivity contribution in [3.8, 4) is 34.5 Å². The Labute approximate surface area is 327 Å². The summed E-state index contributed by atoms with van der Waals surface area (Å²) in [7, 11) is 0. The molecule has 0 aliphatic carbocycles. The molecular formula is C48H72O6. The van der Waals surface area contributed by atoms with Crippen LogP contribution in [-0.2, 0) is 0 Å². The highest BCUT2D eigenvalue weighted by Gasteiger charge is 2.20. The molecule has 0 radical (unpaired) electrons. The zero-order valence-corrected chi connectivity index (χ0v) is 34.9. The average Bonchev–Trinajstić information content (AvgIpc) is 3.18. The molecule has 0 aliphatic rings. The highest BCUT2D eigenvalue weighted by molar-refractivity contribution is 6.26. The zero-order valence-electron chi connectivity index (χ0n) is 34.9. The Bertz CT molecular complexity index is 1660. The summed E-state index contributed by atoms with van der Waals surface area (Å²) in [5.41, 5.74) is 0. The summed E-state index contributed by atoms with van der Waals surface area (Å²) < 4.78 is 39.2. The van der Waals surface area contributed by atoms with Gasteiger partial charge in [0.25, 0.3) is 0 Å². The van der Waals surface area contributed by atoms with Gasteiger partial charge in [0.1, 0.15) is 0 Å². The van der Waals surface area contributed by atoms with Crippen molar-refractivity contribution in [1.29, 1.82) is 0 Å². The van der Waals surface area contributed by atoms with Crippen molar-refractivity contribution in [2.75, 3.05) is 39.6 Å². The molecule has 0 N–H and O–H groups in total. The first kappa shape index (κ1) is 43.2. The molecule has 0 heterocycles. The summed E-state index contributed by atoms with van der Waals surface area (Å²) in [6.45, 7) is 17.3. The van der Waals surface area contributed by atoms with Crippen LogP contribution in [0.3, 0.4) is 0 Å². The smallest absolute Gasteiger partial charge is 0.161 e. The van der Waals surface area contributed by atoms with E-state index in [1.165, 1.54) is 38.5 Å². The summed E-state index contributed by atoms with van der Waals surface area (Å²) in [5.74, 6) is 4.78. The minimum Gasteiger partial charge on any atom is -0.490 e. The van der Waals surface area contributed by atoms with E-state index in [1.54, 1.807) is 0 Å². The fraction of sp³-hybridized carbons (Fsp3) is 0.625. The third-order valence-electron chi connectivity index (χ3n) is 10.2. The third kappa shape index (κ3) is 12.8. The van der Waals surface area contributed by atoms with Gasteiger partial charge in [-0.1, -0.05) is 119 Å². The molecule has 0 saturated carbocycles. The van der Waals surface area contributed by atoms with E-state index in [-0.39, 0.29) is 0 Å². The van der Waals surface area contributed by atoms with Crippen molar-refractivity contribution < 1.29 is 28.4 Å².